The summed E-state index contributed by atoms with van der Waals surface area (Å²) in [5, 5.41) is 0. The molecule has 0 aliphatic heterocycles. The molecule has 0 N–H and O–H groups in total. The van der Waals surface area contributed by atoms with Gasteiger partial charge in [-0.2, -0.15) is 0 Å². The lowest BCUT2D eigenvalue weighted by molar-refractivity contribution is 0.292. The Morgan fingerprint density at radius 3 is 1.85 bits per heavy atom. The van der Waals surface area contributed by atoms with Crippen molar-refractivity contribution in [1.82, 2.24) is 0 Å². The largest absolute Gasteiger partial charge is 0.120 e. The SMILES string of the molecule is C#CC(C)(C)CC(C)(C)C=C(C)C(C)(CC)CCC=C(C)C(C)(C)CC. The van der Waals surface area contributed by atoms with E-state index >= 15 is 0 Å². The molecule has 0 aromatic heterocycles. The average Bonchev–Trinajstić information content (AvgIpc) is 2.52. The van der Waals surface area contributed by atoms with Crippen molar-refractivity contribution in [2.75, 3.05) is 0 Å². The first-order valence-corrected chi connectivity index (χ1v) is 10.5. The fourth-order valence-electron chi connectivity index (χ4n) is 3.82. The van der Waals surface area contributed by atoms with Crippen LogP contribution in [-0.4, -0.2) is 0 Å². The van der Waals surface area contributed by atoms with Crippen molar-refractivity contribution in [1.29, 1.82) is 0 Å². The van der Waals surface area contributed by atoms with Gasteiger partial charge in [-0.25, -0.2) is 0 Å². The quantitative estimate of drug-likeness (QED) is 0.271. The Bertz CT molecular complexity index is 545. The van der Waals surface area contributed by atoms with Crippen LogP contribution in [0, 0.1) is 34.0 Å². The average molecular weight is 359 g/mol. The minimum absolute atomic E-state index is 0.0610. The molecule has 0 rings (SSSR count). The standard InChI is InChI=1S/C26H46/c1-13-23(6,7)20-24(8,9)19-22(5)26(12,15-3)18-16-17-21(4)25(10,11)14-2/h1,17,19H,14-16,18,20H2,2-12H3. The van der Waals surface area contributed by atoms with Crippen LogP contribution in [0.3, 0.4) is 0 Å². The van der Waals surface area contributed by atoms with Crippen LogP contribution >= 0.6 is 0 Å². The maximum absolute atomic E-state index is 5.72. The van der Waals surface area contributed by atoms with Gasteiger partial charge in [0.1, 0.15) is 0 Å². The fraction of sp³-hybridized carbons (Fsp3) is 0.769. The molecule has 0 heteroatoms. The van der Waals surface area contributed by atoms with E-state index in [4.69, 9.17) is 6.42 Å². The fourth-order valence-corrected chi connectivity index (χ4v) is 3.82. The molecule has 0 aliphatic rings. The Morgan fingerprint density at radius 1 is 0.885 bits per heavy atom. The van der Waals surface area contributed by atoms with Gasteiger partial charge in [0.2, 0.25) is 0 Å². The van der Waals surface area contributed by atoms with E-state index in [0.29, 0.717) is 5.41 Å². The van der Waals surface area contributed by atoms with E-state index in [1.165, 1.54) is 30.4 Å². The maximum Gasteiger partial charge on any atom is 0.0263 e. The molecule has 0 spiro atoms. The first-order chi connectivity index (χ1) is 11.6. The Labute approximate surface area is 165 Å². The predicted octanol–water partition coefficient (Wildman–Crippen LogP) is 8.59. The van der Waals surface area contributed by atoms with E-state index in [1.54, 1.807) is 0 Å². The van der Waals surface area contributed by atoms with Gasteiger partial charge in [-0.05, 0) is 76.0 Å². The third kappa shape index (κ3) is 7.73. The monoisotopic (exact) mass is 358 g/mol. The number of hydrogen-bond donors (Lipinski definition) is 0. The molecule has 0 bridgehead atoms. The van der Waals surface area contributed by atoms with Gasteiger partial charge < -0.3 is 0 Å². The highest BCUT2D eigenvalue weighted by atomic mass is 14.3. The highest BCUT2D eigenvalue weighted by Gasteiger charge is 2.29. The Kier molecular flexibility index (Phi) is 8.96. The van der Waals surface area contributed by atoms with Crippen LogP contribution in [0.2, 0.25) is 0 Å². The number of rotatable bonds is 10. The van der Waals surface area contributed by atoms with Crippen LogP contribution in [-0.2, 0) is 0 Å². The second-order valence-corrected chi connectivity index (χ2v) is 10.6. The van der Waals surface area contributed by atoms with Gasteiger partial charge in [0.15, 0.2) is 0 Å². The summed E-state index contributed by atoms with van der Waals surface area (Å²) in [7, 11) is 0. The summed E-state index contributed by atoms with van der Waals surface area (Å²) in [6.07, 6.45) is 16.4. The zero-order valence-corrected chi connectivity index (χ0v) is 19.8. The summed E-state index contributed by atoms with van der Waals surface area (Å²) < 4.78 is 0. The molecule has 0 aromatic carbocycles. The second kappa shape index (κ2) is 9.30. The van der Waals surface area contributed by atoms with Gasteiger partial charge in [-0.3, -0.25) is 0 Å². The Morgan fingerprint density at radius 2 is 1.42 bits per heavy atom. The molecule has 1 unspecified atom stereocenters. The van der Waals surface area contributed by atoms with Crippen molar-refractivity contribution in [3.05, 3.63) is 23.3 Å². The molecule has 0 fully saturated rings. The normalized spacial score (nSPS) is 17.0. The van der Waals surface area contributed by atoms with E-state index in [2.05, 4.69) is 94.2 Å². The molecule has 0 aromatic rings. The first-order valence-electron chi connectivity index (χ1n) is 10.5. The summed E-state index contributed by atoms with van der Waals surface area (Å²) in [6, 6.07) is 0. The molecular formula is C26H46. The minimum atomic E-state index is -0.0610. The zero-order valence-electron chi connectivity index (χ0n) is 19.8. The van der Waals surface area contributed by atoms with Gasteiger partial charge in [0.05, 0.1) is 0 Å². The van der Waals surface area contributed by atoms with E-state index in [1.807, 2.05) is 0 Å². The van der Waals surface area contributed by atoms with E-state index in [-0.39, 0.29) is 16.2 Å². The van der Waals surface area contributed by atoms with Crippen LogP contribution in [0.5, 0.6) is 0 Å². The summed E-state index contributed by atoms with van der Waals surface area (Å²) in [5.41, 5.74) is 3.66. The molecule has 0 amide bonds. The molecular weight excluding hydrogens is 312 g/mol. The molecule has 0 aliphatic carbocycles. The second-order valence-electron chi connectivity index (χ2n) is 10.6. The van der Waals surface area contributed by atoms with E-state index in [9.17, 15) is 0 Å². The van der Waals surface area contributed by atoms with Crippen LogP contribution in [0.15, 0.2) is 23.3 Å². The smallest absolute Gasteiger partial charge is 0.0263 e. The first kappa shape index (κ1) is 25.0. The summed E-state index contributed by atoms with van der Waals surface area (Å²) >= 11 is 0. The molecule has 26 heavy (non-hydrogen) atoms. The number of terminal acetylenes is 1. The number of allylic oxidation sites excluding steroid dienone is 4. The summed E-state index contributed by atoms with van der Waals surface area (Å²) in [4.78, 5) is 0. The molecule has 0 nitrogen and oxygen atoms in total. The Hall–Kier alpha value is -0.960. The summed E-state index contributed by atoms with van der Waals surface area (Å²) in [6.45, 7) is 25.3. The van der Waals surface area contributed by atoms with Gasteiger partial charge in [0, 0.05) is 5.41 Å². The van der Waals surface area contributed by atoms with Crippen LogP contribution in [0.1, 0.15) is 108 Å². The third-order valence-corrected chi connectivity index (χ3v) is 6.73. The van der Waals surface area contributed by atoms with Gasteiger partial charge in [0.25, 0.3) is 0 Å². The molecule has 0 saturated heterocycles. The summed E-state index contributed by atoms with van der Waals surface area (Å²) in [5.74, 6) is 2.95. The van der Waals surface area contributed by atoms with Crippen molar-refractivity contribution in [3.8, 4) is 12.3 Å². The Balaban J connectivity index is 5.29. The van der Waals surface area contributed by atoms with Crippen LogP contribution in [0.25, 0.3) is 0 Å². The van der Waals surface area contributed by atoms with E-state index in [0.717, 1.165) is 12.8 Å². The van der Waals surface area contributed by atoms with E-state index < -0.39 is 0 Å². The highest BCUT2D eigenvalue weighted by Crippen LogP contribution is 2.41. The lowest BCUT2D eigenvalue weighted by Crippen LogP contribution is -2.23. The predicted molar refractivity (Wildman–Crippen MR) is 120 cm³/mol. The maximum atomic E-state index is 5.72. The lowest BCUT2D eigenvalue weighted by Gasteiger charge is -2.35. The number of hydrogen-bond acceptors (Lipinski definition) is 0. The molecule has 0 radical (unpaired) electrons. The minimum Gasteiger partial charge on any atom is -0.120 e. The highest BCUT2D eigenvalue weighted by molar-refractivity contribution is 5.17. The molecule has 1 atom stereocenters. The van der Waals surface area contributed by atoms with Crippen molar-refractivity contribution >= 4 is 0 Å². The molecule has 0 heterocycles. The van der Waals surface area contributed by atoms with Gasteiger partial charge in [-0.15, -0.1) is 12.3 Å². The third-order valence-electron chi connectivity index (χ3n) is 6.73. The molecule has 150 valence electrons. The molecule has 0 saturated carbocycles. The van der Waals surface area contributed by atoms with Gasteiger partial charge in [-0.1, -0.05) is 71.8 Å². The van der Waals surface area contributed by atoms with Crippen molar-refractivity contribution in [2.45, 2.75) is 108 Å². The topological polar surface area (TPSA) is 0 Å². The van der Waals surface area contributed by atoms with Crippen LogP contribution < -0.4 is 0 Å². The van der Waals surface area contributed by atoms with Crippen molar-refractivity contribution < 1.29 is 0 Å². The zero-order chi connectivity index (χ0) is 20.8. The van der Waals surface area contributed by atoms with Gasteiger partial charge >= 0.3 is 0 Å². The van der Waals surface area contributed by atoms with Crippen molar-refractivity contribution in [2.24, 2.45) is 21.7 Å². The lowest BCUT2D eigenvalue weighted by atomic mass is 9.70. The van der Waals surface area contributed by atoms with Crippen molar-refractivity contribution in [3.63, 3.8) is 0 Å². The van der Waals surface area contributed by atoms with Crippen LogP contribution in [0.4, 0.5) is 0 Å².